The molecule has 0 aliphatic rings. The molecule has 3 aromatic rings. The second kappa shape index (κ2) is 7.01. The predicted octanol–water partition coefficient (Wildman–Crippen LogP) is 5.63. The third kappa shape index (κ3) is 3.36. The molecule has 1 nitrogen and oxygen atoms in total. The summed E-state index contributed by atoms with van der Waals surface area (Å²) in [5, 5.41) is 1.78. The second-order valence-corrected chi connectivity index (χ2v) is 10.9. The minimum Gasteiger partial charge on any atom is -0.302 e. The maximum absolute atomic E-state index is 14.1. The molecule has 24 heavy (non-hydrogen) atoms. The molecule has 3 heteroatoms. The van der Waals surface area contributed by atoms with E-state index in [1.54, 1.807) is 0 Å². The van der Waals surface area contributed by atoms with E-state index >= 15 is 0 Å². The zero-order valence-electron chi connectivity index (χ0n) is 14.2. The molecule has 0 spiro atoms. The predicted molar refractivity (Wildman–Crippen MR) is 106 cm³/mol. The summed E-state index contributed by atoms with van der Waals surface area (Å²) in [4.78, 5) is 1.12. The maximum Gasteiger partial charge on any atom is 0.199 e. The molecule has 0 aromatic heterocycles. The molecule has 0 saturated heterocycles. The number of aryl methyl sites for hydroxylation is 3. The third-order valence-electron chi connectivity index (χ3n) is 4.02. The second-order valence-electron chi connectivity index (χ2n) is 6.04. The van der Waals surface area contributed by atoms with Gasteiger partial charge in [-0.1, -0.05) is 89.7 Å². The lowest BCUT2D eigenvalue weighted by Gasteiger charge is -2.21. The fourth-order valence-electron chi connectivity index (χ4n) is 2.94. The van der Waals surface area contributed by atoms with Crippen LogP contribution >= 0.6 is 17.7 Å². The molecular formula is C21H21OPS. The highest BCUT2D eigenvalue weighted by atomic mass is 32.7. The summed E-state index contributed by atoms with van der Waals surface area (Å²) in [6.45, 7) is 6.30. The van der Waals surface area contributed by atoms with Crippen LogP contribution in [0.4, 0.5) is 0 Å². The topological polar surface area (TPSA) is 17.1 Å². The van der Waals surface area contributed by atoms with Crippen molar-refractivity contribution in [2.75, 3.05) is 0 Å². The highest BCUT2D eigenvalue weighted by Gasteiger charge is 2.29. The van der Waals surface area contributed by atoms with Crippen LogP contribution in [0.15, 0.2) is 77.7 Å². The Kier molecular flexibility index (Phi) is 4.99. The summed E-state index contributed by atoms with van der Waals surface area (Å²) in [6, 6.07) is 24.0. The van der Waals surface area contributed by atoms with Crippen LogP contribution in [-0.4, -0.2) is 0 Å². The lowest BCUT2D eigenvalue weighted by molar-refractivity contribution is 0.595. The molecule has 0 heterocycles. The first-order valence-corrected chi connectivity index (χ1v) is 11.1. The van der Waals surface area contributed by atoms with E-state index in [4.69, 9.17) is 0 Å². The Bertz CT molecular complexity index is 822. The lowest BCUT2D eigenvalue weighted by Crippen LogP contribution is -2.13. The zero-order chi connectivity index (χ0) is 17.2. The molecule has 122 valence electrons. The Morgan fingerprint density at radius 1 is 0.708 bits per heavy atom. The lowest BCUT2D eigenvalue weighted by atomic mass is 10.1. The standard InChI is InChI=1S/C21H21OPS/c1-16-14-17(2)21(18(3)15-16)24-23(22,19-10-6-4-7-11-19)20-12-8-5-9-13-20/h4-15H,1-3H3. The molecular weight excluding hydrogens is 331 g/mol. The van der Waals surface area contributed by atoms with Gasteiger partial charge in [-0.3, -0.25) is 0 Å². The molecule has 3 aromatic carbocycles. The van der Waals surface area contributed by atoms with Crippen molar-refractivity contribution in [2.45, 2.75) is 25.7 Å². The SMILES string of the molecule is Cc1cc(C)c(SP(=O)(c2ccccc2)c2ccccc2)c(C)c1. The number of benzene rings is 3. The van der Waals surface area contributed by atoms with E-state index in [0.29, 0.717) is 0 Å². The van der Waals surface area contributed by atoms with Gasteiger partial charge in [0, 0.05) is 15.5 Å². The van der Waals surface area contributed by atoms with Gasteiger partial charge < -0.3 is 4.57 Å². The van der Waals surface area contributed by atoms with Gasteiger partial charge in [0.05, 0.1) is 0 Å². The fraction of sp³-hybridized carbons (Fsp3) is 0.143. The van der Waals surface area contributed by atoms with Crippen molar-refractivity contribution >= 4 is 28.3 Å². The van der Waals surface area contributed by atoms with E-state index in [1.165, 1.54) is 28.1 Å². The van der Waals surface area contributed by atoms with Crippen LogP contribution < -0.4 is 10.6 Å². The van der Waals surface area contributed by atoms with Crippen LogP contribution in [0.3, 0.4) is 0 Å². The number of hydrogen-bond acceptors (Lipinski definition) is 2. The molecule has 0 fully saturated rings. The van der Waals surface area contributed by atoms with E-state index in [-0.39, 0.29) is 0 Å². The smallest absolute Gasteiger partial charge is 0.199 e. The van der Waals surface area contributed by atoms with Gasteiger partial charge in [-0.2, -0.15) is 0 Å². The Balaban J connectivity index is 2.16. The van der Waals surface area contributed by atoms with Gasteiger partial charge in [-0.05, 0) is 31.9 Å². The van der Waals surface area contributed by atoms with E-state index in [1.807, 2.05) is 60.7 Å². The normalized spacial score (nSPS) is 11.5. The van der Waals surface area contributed by atoms with Gasteiger partial charge in [-0.15, -0.1) is 0 Å². The van der Waals surface area contributed by atoms with Gasteiger partial charge in [0.25, 0.3) is 0 Å². The summed E-state index contributed by atoms with van der Waals surface area (Å²) < 4.78 is 14.1. The van der Waals surface area contributed by atoms with Crippen molar-refractivity contribution < 1.29 is 4.57 Å². The molecule has 0 N–H and O–H groups in total. The maximum atomic E-state index is 14.1. The first kappa shape index (κ1) is 17.1. The highest BCUT2D eigenvalue weighted by molar-refractivity contribution is 8.62. The number of hydrogen-bond donors (Lipinski definition) is 0. The van der Waals surface area contributed by atoms with E-state index in [0.717, 1.165) is 15.5 Å². The van der Waals surface area contributed by atoms with E-state index in [2.05, 4.69) is 32.9 Å². The monoisotopic (exact) mass is 352 g/mol. The van der Waals surface area contributed by atoms with Gasteiger partial charge in [0.15, 0.2) is 6.34 Å². The Morgan fingerprint density at radius 3 is 1.54 bits per heavy atom. The Labute approximate surface area is 148 Å². The van der Waals surface area contributed by atoms with Crippen molar-refractivity contribution in [3.05, 3.63) is 89.5 Å². The third-order valence-corrected chi connectivity index (χ3v) is 9.64. The first-order valence-electron chi connectivity index (χ1n) is 7.99. The van der Waals surface area contributed by atoms with Crippen LogP contribution in [0, 0.1) is 20.8 Å². The van der Waals surface area contributed by atoms with Crippen molar-refractivity contribution in [2.24, 2.45) is 0 Å². The molecule has 0 atom stereocenters. The summed E-state index contributed by atoms with van der Waals surface area (Å²) in [5.41, 5.74) is 3.61. The average Bonchev–Trinajstić information content (AvgIpc) is 2.59. The molecule has 0 radical (unpaired) electrons. The minimum absolute atomic E-state index is 0.889. The van der Waals surface area contributed by atoms with Gasteiger partial charge in [0.1, 0.15) is 0 Å². The summed E-state index contributed by atoms with van der Waals surface area (Å²) in [5.74, 6) is 0. The molecule has 0 aliphatic carbocycles. The molecule has 0 unspecified atom stereocenters. The van der Waals surface area contributed by atoms with Crippen LogP contribution in [0.2, 0.25) is 0 Å². The molecule has 0 saturated carbocycles. The fourth-order valence-corrected chi connectivity index (χ4v) is 8.24. The van der Waals surface area contributed by atoms with Gasteiger partial charge >= 0.3 is 0 Å². The highest BCUT2D eigenvalue weighted by Crippen LogP contribution is 2.60. The van der Waals surface area contributed by atoms with E-state index < -0.39 is 6.34 Å². The van der Waals surface area contributed by atoms with Crippen molar-refractivity contribution in [1.82, 2.24) is 0 Å². The van der Waals surface area contributed by atoms with Crippen LogP contribution in [0.1, 0.15) is 16.7 Å². The van der Waals surface area contributed by atoms with Crippen molar-refractivity contribution in [3.8, 4) is 0 Å². The van der Waals surface area contributed by atoms with Gasteiger partial charge in [0.2, 0.25) is 0 Å². The average molecular weight is 352 g/mol. The summed E-state index contributed by atoms with van der Waals surface area (Å²) in [6.07, 6.45) is -2.80. The quantitative estimate of drug-likeness (QED) is 0.566. The summed E-state index contributed by atoms with van der Waals surface area (Å²) in [7, 11) is 0. The van der Waals surface area contributed by atoms with Crippen molar-refractivity contribution in [3.63, 3.8) is 0 Å². The van der Waals surface area contributed by atoms with E-state index in [9.17, 15) is 4.57 Å². The molecule has 0 aliphatic heterocycles. The number of rotatable bonds is 4. The zero-order valence-corrected chi connectivity index (χ0v) is 15.9. The van der Waals surface area contributed by atoms with Crippen LogP contribution in [-0.2, 0) is 4.57 Å². The van der Waals surface area contributed by atoms with Gasteiger partial charge in [-0.25, -0.2) is 0 Å². The molecule has 3 rings (SSSR count). The minimum atomic E-state index is -2.80. The van der Waals surface area contributed by atoms with Crippen molar-refractivity contribution in [1.29, 1.82) is 0 Å². The molecule has 0 amide bonds. The summed E-state index contributed by atoms with van der Waals surface area (Å²) >= 11 is 1.51. The van der Waals surface area contributed by atoms with Crippen LogP contribution in [0.25, 0.3) is 0 Å². The van der Waals surface area contributed by atoms with Crippen LogP contribution in [0.5, 0.6) is 0 Å². The Morgan fingerprint density at radius 2 is 1.12 bits per heavy atom. The largest absolute Gasteiger partial charge is 0.302 e. The first-order chi connectivity index (χ1) is 11.5. The molecule has 0 bridgehead atoms. The Hall–Kier alpha value is -1.76.